The maximum Gasteiger partial charge on any atom is 0.414 e. The van der Waals surface area contributed by atoms with E-state index in [0.29, 0.717) is 24.3 Å². The molecule has 1 rings (SSSR count). The van der Waals surface area contributed by atoms with Gasteiger partial charge in [0.25, 0.3) is 0 Å². The number of rotatable bonds is 7. The first-order valence-corrected chi connectivity index (χ1v) is 6.79. The van der Waals surface area contributed by atoms with Crippen LogP contribution in [0.4, 0.5) is 0 Å². The van der Waals surface area contributed by atoms with Crippen LogP contribution in [0.5, 0.6) is 5.75 Å². The summed E-state index contributed by atoms with van der Waals surface area (Å²) in [5.41, 5.74) is 0.689. The molecule has 0 bridgehead atoms. The van der Waals surface area contributed by atoms with E-state index in [1.807, 2.05) is 38.2 Å². The zero-order valence-electron chi connectivity index (χ0n) is 12.7. The first kappa shape index (κ1) is 19.6. The van der Waals surface area contributed by atoms with Crippen molar-refractivity contribution in [1.82, 2.24) is 5.32 Å². The normalized spacial score (nSPS) is 9.36. The van der Waals surface area contributed by atoms with E-state index in [1.165, 1.54) is 0 Å². The molecule has 0 aliphatic heterocycles. The number of carbonyl (C=O) groups is 3. The summed E-state index contributed by atoms with van der Waals surface area (Å²) in [4.78, 5) is 29.8. The monoisotopic (exact) mass is 311 g/mol. The molecular weight excluding hydrogens is 290 g/mol. The molecule has 0 spiro atoms. The van der Waals surface area contributed by atoms with Crippen LogP contribution in [0.3, 0.4) is 0 Å². The highest BCUT2D eigenvalue weighted by molar-refractivity contribution is 6.27. The third-order valence-electron chi connectivity index (χ3n) is 2.52. The molecule has 0 radical (unpaired) electrons. The van der Waals surface area contributed by atoms with E-state index in [4.69, 9.17) is 24.5 Å². The highest BCUT2D eigenvalue weighted by atomic mass is 16.5. The van der Waals surface area contributed by atoms with Crippen molar-refractivity contribution < 1.29 is 29.3 Å². The Hall–Kier alpha value is -2.41. The molecule has 0 unspecified atom stereocenters. The average Bonchev–Trinajstić information content (AvgIpc) is 2.51. The average molecular weight is 311 g/mol. The summed E-state index contributed by atoms with van der Waals surface area (Å²) in [6.45, 7) is 3.42. The molecule has 0 fully saturated rings. The number of aliphatic carboxylic acids is 2. The lowest BCUT2D eigenvalue weighted by Crippen LogP contribution is -2.12. The van der Waals surface area contributed by atoms with Crippen molar-refractivity contribution >= 4 is 17.7 Å². The Balaban J connectivity index is 0.000000626. The number of hydrogen-bond acceptors (Lipinski definition) is 5. The summed E-state index contributed by atoms with van der Waals surface area (Å²) in [6.07, 6.45) is 1.45. The van der Waals surface area contributed by atoms with Gasteiger partial charge in [-0.1, -0.05) is 19.1 Å². The summed E-state index contributed by atoms with van der Waals surface area (Å²) in [7, 11) is 1.91. The van der Waals surface area contributed by atoms with E-state index in [2.05, 4.69) is 5.32 Å². The van der Waals surface area contributed by atoms with Crippen LogP contribution in [0, 0.1) is 0 Å². The van der Waals surface area contributed by atoms with E-state index < -0.39 is 11.9 Å². The summed E-state index contributed by atoms with van der Waals surface area (Å²) < 4.78 is 5.60. The number of carboxylic acids is 2. The number of ketones is 1. The maximum absolute atomic E-state index is 11.6. The minimum atomic E-state index is -1.82. The number of ether oxygens (including phenoxy) is 1. The van der Waals surface area contributed by atoms with E-state index >= 15 is 0 Å². The molecular formula is C15H21NO6. The van der Waals surface area contributed by atoms with Crippen LogP contribution in [0.1, 0.15) is 30.1 Å². The molecule has 7 nitrogen and oxygen atoms in total. The predicted octanol–water partition coefficient (Wildman–Crippen LogP) is 1.42. The van der Waals surface area contributed by atoms with Gasteiger partial charge in [-0.05, 0) is 32.1 Å². The molecule has 0 atom stereocenters. The van der Waals surface area contributed by atoms with Crippen LogP contribution in [-0.4, -0.2) is 48.1 Å². The molecule has 1 aromatic rings. The lowest BCUT2D eigenvalue weighted by molar-refractivity contribution is -0.159. The number of carbonyl (C=O) groups excluding carboxylic acids is 1. The fourth-order valence-corrected chi connectivity index (χ4v) is 1.44. The van der Waals surface area contributed by atoms with Crippen molar-refractivity contribution in [3.05, 3.63) is 29.8 Å². The number of nitrogens with one attached hydrogen (secondary N) is 1. The topological polar surface area (TPSA) is 113 Å². The Bertz CT molecular complexity index is 489. The number of Topliss-reactive ketones (excluding diaryl/α,β-unsaturated/α-hetero) is 1. The molecule has 3 N–H and O–H groups in total. The zero-order valence-corrected chi connectivity index (χ0v) is 12.7. The quantitative estimate of drug-likeness (QED) is 0.396. The second-order valence-electron chi connectivity index (χ2n) is 4.19. The van der Waals surface area contributed by atoms with Gasteiger partial charge in [-0.15, -0.1) is 0 Å². The number of benzene rings is 1. The van der Waals surface area contributed by atoms with Crippen LogP contribution in [-0.2, 0) is 9.59 Å². The van der Waals surface area contributed by atoms with Gasteiger partial charge in [0.05, 0.1) is 12.2 Å². The molecule has 0 saturated carbocycles. The van der Waals surface area contributed by atoms with Crippen molar-refractivity contribution in [1.29, 1.82) is 0 Å². The van der Waals surface area contributed by atoms with Crippen molar-refractivity contribution in [2.24, 2.45) is 0 Å². The van der Waals surface area contributed by atoms with E-state index in [1.54, 1.807) is 0 Å². The van der Waals surface area contributed by atoms with Crippen LogP contribution in [0.15, 0.2) is 24.3 Å². The fraction of sp³-hybridized carbons (Fsp3) is 0.400. The van der Waals surface area contributed by atoms with Gasteiger partial charge < -0.3 is 20.3 Å². The van der Waals surface area contributed by atoms with Crippen molar-refractivity contribution in [3.63, 3.8) is 0 Å². The van der Waals surface area contributed by atoms with E-state index in [9.17, 15) is 4.79 Å². The second kappa shape index (κ2) is 11.3. The summed E-state index contributed by atoms with van der Waals surface area (Å²) in [6, 6.07) is 7.42. The Morgan fingerprint density at radius 2 is 1.73 bits per heavy atom. The van der Waals surface area contributed by atoms with Crippen molar-refractivity contribution in [3.8, 4) is 5.75 Å². The Morgan fingerprint density at radius 3 is 2.23 bits per heavy atom. The zero-order chi connectivity index (χ0) is 17.0. The SMILES string of the molecule is CCC(=O)c1ccccc1OCCCNC.O=C(O)C(=O)O. The van der Waals surface area contributed by atoms with Gasteiger partial charge in [0, 0.05) is 6.42 Å². The number of para-hydroxylation sites is 1. The molecule has 0 aromatic heterocycles. The van der Waals surface area contributed by atoms with Gasteiger partial charge in [-0.3, -0.25) is 4.79 Å². The molecule has 7 heteroatoms. The van der Waals surface area contributed by atoms with Crippen LogP contribution >= 0.6 is 0 Å². The lowest BCUT2D eigenvalue weighted by Gasteiger charge is -2.09. The Morgan fingerprint density at radius 1 is 1.14 bits per heavy atom. The van der Waals surface area contributed by atoms with Crippen molar-refractivity contribution in [2.45, 2.75) is 19.8 Å². The van der Waals surface area contributed by atoms with Gasteiger partial charge in [0.15, 0.2) is 5.78 Å². The minimum absolute atomic E-state index is 0.129. The summed E-state index contributed by atoms with van der Waals surface area (Å²) >= 11 is 0. The summed E-state index contributed by atoms with van der Waals surface area (Å²) in [5.74, 6) is -2.82. The maximum atomic E-state index is 11.6. The highest BCUT2D eigenvalue weighted by Gasteiger charge is 2.09. The van der Waals surface area contributed by atoms with Gasteiger partial charge in [0.2, 0.25) is 0 Å². The van der Waals surface area contributed by atoms with Gasteiger partial charge in [0.1, 0.15) is 5.75 Å². The molecule has 0 saturated heterocycles. The molecule has 22 heavy (non-hydrogen) atoms. The molecule has 0 aliphatic rings. The molecule has 122 valence electrons. The van der Waals surface area contributed by atoms with Gasteiger partial charge in [-0.25, -0.2) is 9.59 Å². The van der Waals surface area contributed by atoms with E-state index in [-0.39, 0.29) is 5.78 Å². The molecule has 1 aromatic carbocycles. The van der Waals surface area contributed by atoms with Crippen molar-refractivity contribution in [2.75, 3.05) is 20.2 Å². The standard InChI is InChI=1S/C13H19NO2.C2H2O4/c1-3-12(15)11-7-4-5-8-13(11)16-10-6-9-14-2;3-1(4)2(5)6/h4-5,7-8,14H,3,6,9-10H2,1-2H3;(H,3,4)(H,5,6). The largest absolute Gasteiger partial charge is 0.493 e. The van der Waals surface area contributed by atoms with Crippen LogP contribution < -0.4 is 10.1 Å². The molecule has 0 heterocycles. The van der Waals surface area contributed by atoms with E-state index in [0.717, 1.165) is 13.0 Å². The smallest absolute Gasteiger partial charge is 0.414 e. The van der Waals surface area contributed by atoms with Gasteiger partial charge in [-0.2, -0.15) is 0 Å². The second-order valence-corrected chi connectivity index (χ2v) is 4.19. The highest BCUT2D eigenvalue weighted by Crippen LogP contribution is 2.19. The first-order chi connectivity index (χ1) is 10.4. The summed E-state index contributed by atoms with van der Waals surface area (Å²) in [5, 5.41) is 17.8. The Kier molecular flexibility index (Phi) is 10.0. The lowest BCUT2D eigenvalue weighted by atomic mass is 10.1. The third kappa shape index (κ3) is 8.01. The van der Waals surface area contributed by atoms with Gasteiger partial charge >= 0.3 is 11.9 Å². The van der Waals surface area contributed by atoms with Crippen LogP contribution in [0.25, 0.3) is 0 Å². The van der Waals surface area contributed by atoms with Crippen LogP contribution in [0.2, 0.25) is 0 Å². The first-order valence-electron chi connectivity index (χ1n) is 6.79. The number of carboxylic acid groups (broad SMARTS) is 2. The molecule has 0 aliphatic carbocycles. The predicted molar refractivity (Wildman–Crippen MR) is 80.4 cm³/mol. The Labute approximate surface area is 128 Å². The third-order valence-corrected chi connectivity index (χ3v) is 2.52. The fourth-order valence-electron chi connectivity index (χ4n) is 1.44. The minimum Gasteiger partial charge on any atom is -0.493 e. The molecule has 0 amide bonds. The number of hydrogen-bond donors (Lipinski definition) is 3.